The number of phenolic OH excluding ortho intramolecular Hbond substituents is 1. The van der Waals surface area contributed by atoms with Crippen molar-refractivity contribution < 1.29 is 5.11 Å². The minimum atomic E-state index is 0.157. The molecule has 0 saturated heterocycles. The lowest BCUT2D eigenvalue weighted by atomic mass is 9.92. The average molecular weight is 544 g/mol. The maximum atomic E-state index is 11.2. The topological polar surface area (TPSA) is 50.9 Å². The average Bonchev–Trinajstić information content (AvgIpc) is 3.45. The number of aromatic hydroxyl groups is 1. The summed E-state index contributed by atoms with van der Waals surface area (Å²) in [7, 11) is 0. The van der Waals surface area contributed by atoms with E-state index in [1.54, 1.807) is 6.07 Å². The van der Waals surface area contributed by atoms with Gasteiger partial charge in [0.2, 0.25) is 0 Å². The smallest absolute Gasteiger partial charge is 0.149 e. The molecule has 1 unspecified atom stereocenters. The molecular formula is C38H29N3O. The number of aromatic nitrogens is 3. The Morgan fingerprint density at radius 1 is 0.619 bits per heavy atom. The van der Waals surface area contributed by atoms with Crippen molar-refractivity contribution in [2.75, 3.05) is 0 Å². The summed E-state index contributed by atoms with van der Waals surface area (Å²) >= 11 is 0. The summed E-state index contributed by atoms with van der Waals surface area (Å²) in [4.78, 5) is 9.81. The fourth-order valence-corrected chi connectivity index (χ4v) is 5.67. The summed E-state index contributed by atoms with van der Waals surface area (Å²) in [5, 5.41) is 11.2. The first-order valence-corrected chi connectivity index (χ1v) is 14.1. The Morgan fingerprint density at radius 3 is 2.14 bits per heavy atom. The van der Waals surface area contributed by atoms with Crippen LogP contribution >= 0.6 is 0 Å². The summed E-state index contributed by atoms with van der Waals surface area (Å²) in [5.41, 5.74) is 9.92. The molecule has 7 aromatic rings. The van der Waals surface area contributed by atoms with Gasteiger partial charge in [-0.1, -0.05) is 97.9 Å². The van der Waals surface area contributed by atoms with Gasteiger partial charge in [0.1, 0.15) is 11.6 Å². The second kappa shape index (κ2) is 10.8. The highest BCUT2D eigenvalue weighted by Gasteiger charge is 2.21. The number of benzene rings is 5. The molecule has 7 rings (SSSR count). The molecule has 0 aliphatic rings. The van der Waals surface area contributed by atoms with Crippen molar-refractivity contribution in [1.82, 2.24) is 14.5 Å². The number of imidazole rings is 1. The molecule has 0 aliphatic carbocycles. The van der Waals surface area contributed by atoms with E-state index in [1.165, 1.54) is 5.56 Å². The van der Waals surface area contributed by atoms with Crippen LogP contribution in [0.3, 0.4) is 0 Å². The van der Waals surface area contributed by atoms with Gasteiger partial charge in [-0.15, -0.1) is 0 Å². The summed E-state index contributed by atoms with van der Waals surface area (Å²) < 4.78 is 2.15. The Hall–Kier alpha value is -5.48. The first-order chi connectivity index (χ1) is 20.7. The molecule has 202 valence electrons. The SMILES string of the molecule is CC(c1ccccc1)c1ccc(O)c(-c2nc3c(-c4cccc(-c5ccccn5)c4)cccc3n2-c2ccccc2)c1. The van der Waals surface area contributed by atoms with Crippen molar-refractivity contribution in [2.24, 2.45) is 0 Å². The molecule has 0 radical (unpaired) electrons. The maximum Gasteiger partial charge on any atom is 0.149 e. The van der Waals surface area contributed by atoms with Crippen LogP contribution in [0.25, 0.3) is 50.5 Å². The van der Waals surface area contributed by atoms with Crippen LogP contribution in [-0.2, 0) is 0 Å². The largest absolute Gasteiger partial charge is 0.507 e. The Morgan fingerprint density at radius 2 is 1.36 bits per heavy atom. The third-order valence-corrected chi connectivity index (χ3v) is 7.89. The van der Waals surface area contributed by atoms with Crippen molar-refractivity contribution in [3.05, 3.63) is 157 Å². The molecule has 0 aliphatic heterocycles. The lowest BCUT2D eigenvalue weighted by Crippen LogP contribution is -2.00. The third kappa shape index (κ3) is 4.63. The number of rotatable bonds is 6. The van der Waals surface area contributed by atoms with E-state index in [0.717, 1.165) is 44.7 Å². The first-order valence-electron chi connectivity index (χ1n) is 14.1. The van der Waals surface area contributed by atoms with Crippen molar-refractivity contribution in [1.29, 1.82) is 0 Å². The van der Waals surface area contributed by atoms with Crippen molar-refractivity contribution >= 4 is 11.0 Å². The number of nitrogens with zero attached hydrogens (tertiary/aromatic N) is 3. The van der Waals surface area contributed by atoms with E-state index < -0.39 is 0 Å². The normalized spacial score (nSPS) is 11.9. The Bertz CT molecular complexity index is 2000. The van der Waals surface area contributed by atoms with Crippen LogP contribution < -0.4 is 0 Å². The predicted molar refractivity (Wildman–Crippen MR) is 171 cm³/mol. The number of para-hydroxylation sites is 2. The summed E-state index contributed by atoms with van der Waals surface area (Å²) in [6.07, 6.45) is 1.82. The number of phenols is 1. The van der Waals surface area contributed by atoms with Gasteiger partial charge in [0.25, 0.3) is 0 Å². The number of pyridine rings is 1. The van der Waals surface area contributed by atoms with E-state index in [9.17, 15) is 5.11 Å². The lowest BCUT2D eigenvalue weighted by molar-refractivity contribution is 0.476. The van der Waals surface area contributed by atoms with Crippen LogP contribution in [0.15, 0.2) is 146 Å². The molecule has 4 heteroatoms. The highest BCUT2D eigenvalue weighted by atomic mass is 16.3. The Kier molecular flexibility index (Phi) is 6.57. The molecule has 1 N–H and O–H groups in total. The Balaban J connectivity index is 1.44. The Labute approximate surface area is 245 Å². The van der Waals surface area contributed by atoms with Gasteiger partial charge in [-0.25, -0.2) is 4.98 Å². The van der Waals surface area contributed by atoms with Gasteiger partial charge in [0.05, 0.1) is 22.3 Å². The quantitative estimate of drug-likeness (QED) is 0.227. The zero-order valence-corrected chi connectivity index (χ0v) is 23.2. The molecule has 42 heavy (non-hydrogen) atoms. The molecule has 5 aromatic carbocycles. The van der Waals surface area contributed by atoms with Crippen LogP contribution in [-0.4, -0.2) is 19.6 Å². The van der Waals surface area contributed by atoms with Gasteiger partial charge >= 0.3 is 0 Å². The van der Waals surface area contributed by atoms with Gasteiger partial charge in [0.15, 0.2) is 0 Å². The third-order valence-electron chi connectivity index (χ3n) is 7.89. The van der Waals surface area contributed by atoms with Crippen molar-refractivity contribution in [2.45, 2.75) is 12.8 Å². The molecule has 1 atom stereocenters. The van der Waals surface area contributed by atoms with Gasteiger partial charge in [0, 0.05) is 28.9 Å². The fourth-order valence-electron chi connectivity index (χ4n) is 5.67. The standard InChI is InChI=1S/C38H29N3O/c1-26(27-12-4-2-5-13-27)28-21-22-36(42)33(25-28)38-40-37-32(18-11-20-35(37)41(38)31-16-6-3-7-17-31)29-14-10-15-30(24-29)34-19-8-9-23-39-34/h2-26,42H,1H3. The summed E-state index contributed by atoms with van der Waals surface area (Å²) in [5.74, 6) is 1.05. The lowest BCUT2D eigenvalue weighted by Gasteiger charge is -2.16. The van der Waals surface area contributed by atoms with Gasteiger partial charge in [-0.05, 0) is 65.2 Å². The van der Waals surface area contributed by atoms with E-state index in [1.807, 2.05) is 54.7 Å². The second-order valence-electron chi connectivity index (χ2n) is 10.5. The zero-order chi connectivity index (χ0) is 28.5. The van der Waals surface area contributed by atoms with Crippen molar-refractivity contribution in [3.8, 4) is 45.2 Å². The second-order valence-corrected chi connectivity index (χ2v) is 10.5. The van der Waals surface area contributed by atoms with Crippen LogP contribution in [0.5, 0.6) is 5.75 Å². The van der Waals surface area contributed by atoms with E-state index in [4.69, 9.17) is 4.98 Å². The fraction of sp³-hybridized carbons (Fsp3) is 0.0526. The van der Waals surface area contributed by atoms with Crippen LogP contribution in [0, 0.1) is 0 Å². The minimum absolute atomic E-state index is 0.157. The zero-order valence-electron chi connectivity index (χ0n) is 23.2. The van der Waals surface area contributed by atoms with Crippen LogP contribution in [0.1, 0.15) is 24.0 Å². The highest BCUT2D eigenvalue weighted by molar-refractivity contribution is 5.96. The number of fused-ring (bicyclic) bond motifs is 1. The molecular weight excluding hydrogens is 514 g/mol. The summed E-state index contributed by atoms with van der Waals surface area (Å²) in [6.45, 7) is 2.19. The number of hydrogen-bond acceptors (Lipinski definition) is 3. The number of hydrogen-bond donors (Lipinski definition) is 1. The highest BCUT2D eigenvalue weighted by Crippen LogP contribution is 2.39. The molecule has 4 nitrogen and oxygen atoms in total. The molecule has 0 amide bonds. The maximum absolute atomic E-state index is 11.2. The molecule has 0 saturated carbocycles. The summed E-state index contributed by atoms with van der Waals surface area (Å²) in [6, 6.07) is 47.2. The predicted octanol–water partition coefficient (Wildman–Crippen LogP) is 9.28. The first kappa shape index (κ1) is 25.5. The van der Waals surface area contributed by atoms with Gasteiger partial charge in [-0.2, -0.15) is 0 Å². The molecule has 0 fully saturated rings. The molecule has 2 heterocycles. The molecule has 2 aromatic heterocycles. The monoisotopic (exact) mass is 543 g/mol. The van der Waals surface area contributed by atoms with Gasteiger partial charge < -0.3 is 5.11 Å². The van der Waals surface area contributed by atoms with Crippen LogP contribution in [0.2, 0.25) is 0 Å². The minimum Gasteiger partial charge on any atom is -0.507 e. The molecule has 0 spiro atoms. The van der Waals surface area contributed by atoms with Crippen LogP contribution in [0.4, 0.5) is 0 Å². The van der Waals surface area contributed by atoms with E-state index >= 15 is 0 Å². The van der Waals surface area contributed by atoms with Gasteiger partial charge in [-0.3, -0.25) is 9.55 Å². The van der Waals surface area contributed by atoms with E-state index in [2.05, 4.69) is 101 Å². The molecule has 0 bridgehead atoms. The van der Waals surface area contributed by atoms with E-state index in [-0.39, 0.29) is 11.7 Å². The van der Waals surface area contributed by atoms with E-state index in [0.29, 0.717) is 11.4 Å². The van der Waals surface area contributed by atoms with Crippen molar-refractivity contribution in [3.63, 3.8) is 0 Å².